The van der Waals surface area contributed by atoms with Crippen LogP contribution < -0.4 is 5.73 Å². The van der Waals surface area contributed by atoms with Crippen LogP contribution in [0.15, 0.2) is 54.6 Å². The summed E-state index contributed by atoms with van der Waals surface area (Å²) in [5.41, 5.74) is 9.56. The molecule has 0 aliphatic carbocycles. The van der Waals surface area contributed by atoms with Crippen molar-refractivity contribution in [3.8, 4) is 0 Å². The van der Waals surface area contributed by atoms with Crippen LogP contribution in [-0.4, -0.2) is 47.8 Å². The first-order valence-electron chi connectivity index (χ1n) is 10.4. The van der Waals surface area contributed by atoms with E-state index in [4.69, 9.17) is 5.73 Å². The molecular formula is C24H29N3O2. The predicted molar refractivity (Wildman–Crippen MR) is 113 cm³/mol. The molecule has 0 bridgehead atoms. The number of benzene rings is 2. The van der Waals surface area contributed by atoms with Gasteiger partial charge in [-0.3, -0.25) is 9.59 Å². The van der Waals surface area contributed by atoms with Crippen molar-refractivity contribution in [1.82, 2.24) is 9.80 Å². The van der Waals surface area contributed by atoms with Gasteiger partial charge in [0, 0.05) is 38.5 Å². The summed E-state index contributed by atoms with van der Waals surface area (Å²) in [5.74, 6) is 0.452. The molecule has 2 N–H and O–H groups in total. The Balaban J connectivity index is 1.40. The molecule has 0 spiro atoms. The average Bonchev–Trinajstić information content (AvgIpc) is 3.34. The van der Waals surface area contributed by atoms with Crippen molar-refractivity contribution >= 4 is 11.8 Å². The Bertz CT molecular complexity index is 865. The van der Waals surface area contributed by atoms with E-state index < -0.39 is 0 Å². The predicted octanol–water partition coefficient (Wildman–Crippen LogP) is 2.54. The average molecular weight is 392 g/mol. The molecule has 29 heavy (non-hydrogen) atoms. The van der Waals surface area contributed by atoms with Crippen LogP contribution in [0.2, 0.25) is 0 Å². The Morgan fingerprint density at radius 1 is 1.03 bits per heavy atom. The van der Waals surface area contributed by atoms with Crippen molar-refractivity contribution in [2.45, 2.75) is 25.8 Å². The number of likely N-dealkylation sites (tertiary alicyclic amines) is 2. The maximum atomic E-state index is 13.2. The normalized spacial score (nSPS) is 24.3. The zero-order chi connectivity index (χ0) is 20.4. The molecule has 0 aromatic heterocycles. The molecule has 2 aliphatic rings. The van der Waals surface area contributed by atoms with Gasteiger partial charge in [0.15, 0.2) is 0 Å². The number of amides is 2. The molecule has 2 aromatic rings. The molecule has 0 saturated carbocycles. The summed E-state index contributed by atoms with van der Waals surface area (Å²) in [7, 11) is 0. The van der Waals surface area contributed by atoms with Gasteiger partial charge >= 0.3 is 0 Å². The molecule has 1 unspecified atom stereocenters. The van der Waals surface area contributed by atoms with Crippen LogP contribution in [0, 0.1) is 18.8 Å². The lowest BCUT2D eigenvalue weighted by Crippen LogP contribution is -2.36. The van der Waals surface area contributed by atoms with Crippen LogP contribution in [0.25, 0.3) is 0 Å². The summed E-state index contributed by atoms with van der Waals surface area (Å²) in [4.78, 5) is 29.4. The van der Waals surface area contributed by atoms with Crippen LogP contribution in [0.3, 0.4) is 0 Å². The quantitative estimate of drug-likeness (QED) is 0.852. The first-order valence-corrected chi connectivity index (χ1v) is 10.4. The lowest BCUT2D eigenvalue weighted by atomic mass is 9.89. The zero-order valence-electron chi connectivity index (χ0n) is 17.0. The van der Waals surface area contributed by atoms with Gasteiger partial charge in [-0.15, -0.1) is 0 Å². The zero-order valence-corrected chi connectivity index (χ0v) is 17.0. The molecule has 5 nitrogen and oxygen atoms in total. The molecule has 2 aliphatic heterocycles. The Morgan fingerprint density at radius 2 is 1.76 bits per heavy atom. The number of rotatable bonds is 5. The lowest BCUT2D eigenvalue weighted by Gasteiger charge is -2.21. The van der Waals surface area contributed by atoms with Gasteiger partial charge in [0.05, 0.1) is 5.92 Å². The smallest absolute Gasteiger partial charge is 0.228 e. The fourth-order valence-electron chi connectivity index (χ4n) is 4.63. The van der Waals surface area contributed by atoms with Gasteiger partial charge in [-0.25, -0.2) is 0 Å². The van der Waals surface area contributed by atoms with Gasteiger partial charge in [-0.05, 0) is 30.5 Å². The Labute approximate surface area is 172 Å². The maximum Gasteiger partial charge on any atom is 0.228 e. The molecular weight excluding hydrogens is 362 g/mol. The summed E-state index contributed by atoms with van der Waals surface area (Å²) < 4.78 is 0. The highest BCUT2D eigenvalue weighted by Crippen LogP contribution is 2.34. The largest absolute Gasteiger partial charge is 0.341 e. The summed E-state index contributed by atoms with van der Waals surface area (Å²) in [6.07, 6.45) is 0.310. The highest BCUT2D eigenvalue weighted by molar-refractivity contribution is 5.89. The molecule has 2 aromatic carbocycles. The van der Waals surface area contributed by atoms with E-state index in [0.29, 0.717) is 39.1 Å². The van der Waals surface area contributed by atoms with E-state index in [-0.39, 0.29) is 29.6 Å². The van der Waals surface area contributed by atoms with E-state index >= 15 is 0 Å². The standard InChI is InChI=1S/C24H29N3O2/c1-17-7-9-18(10-8-17)13-26-14-20(11-23(26)28)24(29)27-15-21(12-25)22(16-27)19-5-3-2-4-6-19/h2-10,20-22H,11-16,25H2,1H3/t20?,21-,22+/m1/s1. The fraction of sp³-hybridized carbons (Fsp3) is 0.417. The van der Waals surface area contributed by atoms with Crippen molar-refractivity contribution in [3.05, 3.63) is 71.3 Å². The van der Waals surface area contributed by atoms with Crippen molar-refractivity contribution in [2.75, 3.05) is 26.2 Å². The third-order valence-electron chi connectivity index (χ3n) is 6.34. The fourth-order valence-corrected chi connectivity index (χ4v) is 4.63. The van der Waals surface area contributed by atoms with Gasteiger partial charge in [0.1, 0.15) is 0 Å². The number of hydrogen-bond donors (Lipinski definition) is 1. The van der Waals surface area contributed by atoms with E-state index in [0.717, 1.165) is 5.56 Å². The van der Waals surface area contributed by atoms with Crippen LogP contribution in [0.5, 0.6) is 0 Å². The Hall–Kier alpha value is -2.66. The molecule has 0 radical (unpaired) electrons. The van der Waals surface area contributed by atoms with Gasteiger partial charge in [0.2, 0.25) is 11.8 Å². The topological polar surface area (TPSA) is 66.6 Å². The Kier molecular flexibility index (Phi) is 5.67. The SMILES string of the molecule is Cc1ccc(CN2CC(C(=O)N3C[C@@H](CN)[C@H](c4ccccc4)C3)CC2=O)cc1. The molecule has 4 rings (SSSR count). The van der Waals surface area contributed by atoms with E-state index in [1.807, 2.05) is 34.9 Å². The van der Waals surface area contributed by atoms with Gasteiger partial charge in [-0.1, -0.05) is 60.2 Å². The number of nitrogens with two attached hydrogens (primary N) is 1. The second-order valence-corrected chi connectivity index (χ2v) is 8.42. The minimum Gasteiger partial charge on any atom is -0.341 e. The molecule has 2 amide bonds. The molecule has 152 valence electrons. The van der Waals surface area contributed by atoms with Crippen LogP contribution >= 0.6 is 0 Å². The lowest BCUT2D eigenvalue weighted by molar-refractivity contribution is -0.135. The van der Waals surface area contributed by atoms with E-state index in [2.05, 4.69) is 36.4 Å². The van der Waals surface area contributed by atoms with Gasteiger partial charge < -0.3 is 15.5 Å². The van der Waals surface area contributed by atoms with Crippen molar-refractivity contribution in [3.63, 3.8) is 0 Å². The number of carbonyl (C=O) groups excluding carboxylic acids is 2. The van der Waals surface area contributed by atoms with Crippen LogP contribution in [0.4, 0.5) is 0 Å². The van der Waals surface area contributed by atoms with Crippen LogP contribution in [0.1, 0.15) is 29.0 Å². The third-order valence-corrected chi connectivity index (χ3v) is 6.34. The molecule has 2 saturated heterocycles. The van der Waals surface area contributed by atoms with Gasteiger partial charge in [-0.2, -0.15) is 0 Å². The number of hydrogen-bond acceptors (Lipinski definition) is 3. The summed E-state index contributed by atoms with van der Waals surface area (Å²) in [6.45, 7) is 5.05. The number of aryl methyl sites for hydroxylation is 1. The molecule has 2 heterocycles. The van der Waals surface area contributed by atoms with Crippen molar-refractivity contribution < 1.29 is 9.59 Å². The van der Waals surface area contributed by atoms with E-state index in [1.54, 1.807) is 0 Å². The highest BCUT2D eigenvalue weighted by atomic mass is 16.2. The summed E-state index contributed by atoms with van der Waals surface area (Å²) in [6, 6.07) is 18.5. The molecule has 2 fully saturated rings. The third kappa shape index (κ3) is 4.20. The van der Waals surface area contributed by atoms with Crippen molar-refractivity contribution in [2.24, 2.45) is 17.6 Å². The van der Waals surface area contributed by atoms with Crippen molar-refractivity contribution in [1.29, 1.82) is 0 Å². The first-order chi connectivity index (χ1) is 14.0. The van der Waals surface area contributed by atoms with E-state index in [9.17, 15) is 9.59 Å². The number of nitrogens with zero attached hydrogens (tertiary/aromatic N) is 2. The summed E-state index contributed by atoms with van der Waals surface area (Å²) >= 11 is 0. The van der Waals surface area contributed by atoms with Crippen LogP contribution in [-0.2, 0) is 16.1 Å². The highest BCUT2D eigenvalue weighted by Gasteiger charge is 2.41. The molecule has 5 heteroatoms. The Morgan fingerprint density at radius 3 is 2.45 bits per heavy atom. The maximum absolute atomic E-state index is 13.2. The monoisotopic (exact) mass is 391 g/mol. The second kappa shape index (κ2) is 8.37. The first kappa shape index (κ1) is 19.6. The number of carbonyl (C=O) groups is 2. The summed E-state index contributed by atoms with van der Waals surface area (Å²) in [5, 5.41) is 0. The second-order valence-electron chi connectivity index (χ2n) is 8.42. The van der Waals surface area contributed by atoms with Gasteiger partial charge in [0.25, 0.3) is 0 Å². The molecule has 3 atom stereocenters. The minimum atomic E-state index is -0.249. The minimum absolute atomic E-state index is 0.0677. The van der Waals surface area contributed by atoms with E-state index in [1.165, 1.54) is 11.1 Å².